The minimum atomic E-state index is -0.521. The third kappa shape index (κ3) is 4.23. The number of benzene rings is 2. The van der Waals surface area contributed by atoms with Gasteiger partial charge in [-0.25, -0.2) is 0 Å². The van der Waals surface area contributed by atoms with E-state index in [9.17, 15) is 9.59 Å². The maximum absolute atomic E-state index is 12.3. The molecule has 28 heavy (non-hydrogen) atoms. The number of hydrogen-bond acceptors (Lipinski definition) is 7. The molecule has 3 aromatic rings. The van der Waals surface area contributed by atoms with E-state index in [0.29, 0.717) is 34.1 Å². The Balaban J connectivity index is 1.70. The fourth-order valence-electron chi connectivity index (χ4n) is 2.44. The van der Waals surface area contributed by atoms with Gasteiger partial charge in [0.25, 0.3) is 0 Å². The molecule has 2 amide bonds. The van der Waals surface area contributed by atoms with E-state index in [2.05, 4.69) is 20.7 Å². The van der Waals surface area contributed by atoms with Crippen LogP contribution in [0.15, 0.2) is 42.5 Å². The SMILES string of the molecule is COc1ccc(OC)c(NC(=O)Cn2nnc(-c3ccc(C(N)=O)cc3)n2)c1. The second kappa shape index (κ2) is 8.16. The molecule has 0 unspecified atom stereocenters. The maximum Gasteiger partial charge on any atom is 0.248 e. The Labute approximate surface area is 160 Å². The van der Waals surface area contributed by atoms with Gasteiger partial charge in [-0.15, -0.1) is 10.2 Å². The number of amides is 2. The first kappa shape index (κ1) is 18.8. The van der Waals surface area contributed by atoms with Gasteiger partial charge in [0, 0.05) is 17.2 Å². The number of nitrogens with two attached hydrogens (primary N) is 1. The lowest BCUT2D eigenvalue weighted by molar-refractivity contribution is -0.117. The number of hydrogen-bond donors (Lipinski definition) is 2. The molecule has 2 aromatic carbocycles. The Morgan fingerprint density at radius 1 is 1.11 bits per heavy atom. The van der Waals surface area contributed by atoms with Gasteiger partial charge in [-0.3, -0.25) is 9.59 Å². The van der Waals surface area contributed by atoms with E-state index in [1.54, 1.807) is 42.5 Å². The molecule has 0 aliphatic heterocycles. The third-order valence-corrected chi connectivity index (χ3v) is 3.85. The normalized spacial score (nSPS) is 10.4. The monoisotopic (exact) mass is 382 g/mol. The molecule has 0 fully saturated rings. The van der Waals surface area contributed by atoms with Gasteiger partial charge >= 0.3 is 0 Å². The topological polar surface area (TPSA) is 134 Å². The number of rotatable bonds is 7. The molecule has 0 saturated heterocycles. The number of aromatic nitrogens is 4. The summed E-state index contributed by atoms with van der Waals surface area (Å²) in [5, 5.41) is 14.7. The van der Waals surface area contributed by atoms with Crippen LogP contribution < -0.4 is 20.5 Å². The second-order valence-corrected chi connectivity index (χ2v) is 5.70. The summed E-state index contributed by atoms with van der Waals surface area (Å²) in [5.74, 6) is 0.516. The van der Waals surface area contributed by atoms with Crippen LogP contribution in [0.4, 0.5) is 5.69 Å². The van der Waals surface area contributed by atoms with Gasteiger partial charge in [-0.05, 0) is 29.5 Å². The van der Waals surface area contributed by atoms with E-state index in [4.69, 9.17) is 15.2 Å². The predicted octanol–water partition coefficient (Wildman–Crippen LogP) is 1.09. The molecular formula is C18H18N6O4. The van der Waals surface area contributed by atoms with Crippen molar-refractivity contribution in [2.75, 3.05) is 19.5 Å². The molecular weight excluding hydrogens is 364 g/mol. The molecule has 0 spiro atoms. The van der Waals surface area contributed by atoms with Crippen molar-refractivity contribution in [3.8, 4) is 22.9 Å². The highest BCUT2D eigenvalue weighted by atomic mass is 16.5. The summed E-state index contributed by atoms with van der Waals surface area (Å²) in [5.41, 5.74) is 6.70. The zero-order valence-electron chi connectivity index (χ0n) is 15.2. The van der Waals surface area contributed by atoms with E-state index in [-0.39, 0.29) is 12.5 Å². The largest absolute Gasteiger partial charge is 0.497 e. The summed E-state index contributed by atoms with van der Waals surface area (Å²) in [6.07, 6.45) is 0. The fourth-order valence-corrected chi connectivity index (χ4v) is 2.44. The van der Waals surface area contributed by atoms with Gasteiger partial charge in [-0.1, -0.05) is 12.1 Å². The zero-order valence-corrected chi connectivity index (χ0v) is 15.2. The standard InChI is InChI=1S/C18H18N6O4/c1-27-13-7-8-15(28-2)14(9-13)20-16(25)10-24-22-18(21-23-24)12-5-3-11(4-6-12)17(19)26/h3-9H,10H2,1-2H3,(H2,19,26)(H,20,25). The van der Waals surface area contributed by atoms with E-state index >= 15 is 0 Å². The fraction of sp³-hybridized carbons (Fsp3) is 0.167. The van der Waals surface area contributed by atoms with Crippen molar-refractivity contribution in [3.05, 3.63) is 48.0 Å². The van der Waals surface area contributed by atoms with Crippen molar-refractivity contribution < 1.29 is 19.1 Å². The molecule has 0 saturated carbocycles. The Hall–Kier alpha value is -3.95. The lowest BCUT2D eigenvalue weighted by Crippen LogP contribution is -2.20. The molecule has 1 aromatic heterocycles. The van der Waals surface area contributed by atoms with Crippen LogP contribution in [0.3, 0.4) is 0 Å². The van der Waals surface area contributed by atoms with Crippen LogP contribution in [-0.2, 0) is 11.3 Å². The van der Waals surface area contributed by atoms with E-state index < -0.39 is 5.91 Å². The number of carbonyl (C=O) groups excluding carboxylic acids is 2. The van der Waals surface area contributed by atoms with Crippen LogP contribution in [0.25, 0.3) is 11.4 Å². The number of ether oxygens (including phenoxy) is 2. The minimum absolute atomic E-state index is 0.146. The third-order valence-electron chi connectivity index (χ3n) is 3.85. The highest BCUT2D eigenvalue weighted by Gasteiger charge is 2.13. The number of methoxy groups -OCH3 is 2. The Morgan fingerprint density at radius 3 is 2.50 bits per heavy atom. The van der Waals surface area contributed by atoms with Crippen LogP contribution in [0.1, 0.15) is 10.4 Å². The minimum Gasteiger partial charge on any atom is -0.497 e. The molecule has 10 heteroatoms. The highest BCUT2D eigenvalue weighted by Crippen LogP contribution is 2.28. The predicted molar refractivity (Wildman–Crippen MR) is 99.9 cm³/mol. The number of anilines is 1. The highest BCUT2D eigenvalue weighted by molar-refractivity contribution is 5.93. The molecule has 144 valence electrons. The quantitative estimate of drug-likeness (QED) is 0.625. The average Bonchev–Trinajstić information content (AvgIpc) is 3.16. The number of carbonyl (C=O) groups is 2. The lowest BCUT2D eigenvalue weighted by atomic mass is 10.1. The van der Waals surface area contributed by atoms with Crippen molar-refractivity contribution >= 4 is 17.5 Å². The molecule has 0 bridgehead atoms. The molecule has 0 aliphatic rings. The maximum atomic E-state index is 12.3. The van der Waals surface area contributed by atoms with Crippen LogP contribution >= 0.6 is 0 Å². The molecule has 10 nitrogen and oxygen atoms in total. The smallest absolute Gasteiger partial charge is 0.248 e. The summed E-state index contributed by atoms with van der Waals surface area (Å²) in [7, 11) is 3.04. The van der Waals surface area contributed by atoms with Crippen LogP contribution in [-0.4, -0.2) is 46.2 Å². The summed E-state index contributed by atoms with van der Waals surface area (Å²) in [6, 6.07) is 11.5. The Bertz CT molecular complexity index is 1000. The summed E-state index contributed by atoms with van der Waals surface area (Å²) < 4.78 is 10.4. The summed E-state index contributed by atoms with van der Waals surface area (Å²) in [6.45, 7) is -0.146. The van der Waals surface area contributed by atoms with E-state index in [1.807, 2.05) is 0 Å². The first-order valence-electron chi connectivity index (χ1n) is 8.20. The number of tetrazole rings is 1. The summed E-state index contributed by atoms with van der Waals surface area (Å²) in [4.78, 5) is 24.6. The molecule has 3 N–H and O–H groups in total. The first-order valence-corrected chi connectivity index (χ1v) is 8.20. The van der Waals surface area contributed by atoms with E-state index in [0.717, 1.165) is 0 Å². The molecule has 0 aliphatic carbocycles. The zero-order chi connectivity index (χ0) is 20.1. The van der Waals surface area contributed by atoms with Crippen molar-refractivity contribution in [2.24, 2.45) is 5.73 Å². The van der Waals surface area contributed by atoms with E-state index in [1.165, 1.54) is 19.0 Å². The summed E-state index contributed by atoms with van der Waals surface area (Å²) >= 11 is 0. The van der Waals surface area contributed by atoms with Crippen LogP contribution in [0.2, 0.25) is 0 Å². The molecule has 0 radical (unpaired) electrons. The van der Waals surface area contributed by atoms with Crippen LogP contribution in [0.5, 0.6) is 11.5 Å². The van der Waals surface area contributed by atoms with Gasteiger partial charge in [0.05, 0.1) is 19.9 Å². The number of nitrogens with one attached hydrogen (secondary N) is 1. The molecule has 0 atom stereocenters. The van der Waals surface area contributed by atoms with Gasteiger partial charge in [0.2, 0.25) is 17.6 Å². The molecule has 1 heterocycles. The Morgan fingerprint density at radius 2 is 1.86 bits per heavy atom. The number of nitrogens with zero attached hydrogens (tertiary/aromatic N) is 4. The van der Waals surface area contributed by atoms with Crippen molar-refractivity contribution in [3.63, 3.8) is 0 Å². The van der Waals surface area contributed by atoms with Gasteiger partial charge < -0.3 is 20.5 Å². The van der Waals surface area contributed by atoms with Crippen molar-refractivity contribution in [2.45, 2.75) is 6.54 Å². The first-order chi connectivity index (χ1) is 13.5. The van der Waals surface area contributed by atoms with Gasteiger partial charge in [-0.2, -0.15) is 4.80 Å². The van der Waals surface area contributed by atoms with Gasteiger partial charge in [0.15, 0.2) is 0 Å². The van der Waals surface area contributed by atoms with Crippen LogP contribution in [0, 0.1) is 0 Å². The lowest BCUT2D eigenvalue weighted by Gasteiger charge is -2.11. The molecule has 3 rings (SSSR count). The van der Waals surface area contributed by atoms with Gasteiger partial charge in [0.1, 0.15) is 18.0 Å². The Kier molecular flexibility index (Phi) is 5.49. The number of primary amides is 1. The van der Waals surface area contributed by atoms with Crippen molar-refractivity contribution in [1.82, 2.24) is 20.2 Å². The average molecular weight is 382 g/mol. The van der Waals surface area contributed by atoms with Crippen molar-refractivity contribution in [1.29, 1.82) is 0 Å². The second-order valence-electron chi connectivity index (χ2n) is 5.70.